The van der Waals surface area contributed by atoms with Gasteiger partial charge in [-0.05, 0) is 20.3 Å². The van der Waals surface area contributed by atoms with Crippen LogP contribution in [0.5, 0.6) is 0 Å². The average Bonchev–Trinajstić information content (AvgIpc) is 1.30. The van der Waals surface area contributed by atoms with Crippen molar-refractivity contribution < 1.29 is 5.11 Å². The smallest absolute Gasteiger partial charge is 0.0991 e. The van der Waals surface area contributed by atoms with Crippen LogP contribution in [0, 0.1) is 0 Å². The van der Waals surface area contributed by atoms with Crippen LogP contribution in [0.15, 0.2) is 0 Å². The Hall–Kier alpha value is 0.250. The second-order valence-electron chi connectivity index (χ2n) is 2.20. The Labute approximate surface area is 49.3 Å². The molecule has 0 spiro atoms. The Bertz CT molecular complexity index is 46.5. The molecule has 0 aliphatic heterocycles. The summed E-state index contributed by atoms with van der Waals surface area (Å²) in [6, 6.07) is 0. The lowest BCUT2D eigenvalue weighted by molar-refractivity contribution is 0.00191. The predicted octanol–water partition coefficient (Wildman–Crippen LogP) is 1.82. The fraction of sp³-hybridized carbons (Fsp3) is 1.00. The summed E-state index contributed by atoms with van der Waals surface area (Å²) in [6.07, 6.45) is 0.550. The van der Waals surface area contributed by atoms with Gasteiger partial charge in [0.1, 0.15) is 0 Å². The standard InChI is InChI=1S/C5H10ClO/c1-5(2,7)3-4-6/h3-4H2,1-2H3. The first-order chi connectivity index (χ1) is 3.06. The van der Waals surface area contributed by atoms with Crippen LogP contribution in [0.2, 0.25) is 0 Å². The molecule has 7 heavy (non-hydrogen) atoms. The Morgan fingerprint density at radius 1 is 1.57 bits per heavy atom. The van der Waals surface area contributed by atoms with Gasteiger partial charge in [-0.2, -0.15) is 0 Å². The van der Waals surface area contributed by atoms with Crippen LogP contribution in [0.1, 0.15) is 20.3 Å². The number of halogens is 1. The second kappa shape index (κ2) is 2.53. The Morgan fingerprint density at radius 2 is 2.00 bits per heavy atom. The van der Waals surface area contributed by atoms with E-state index in [9.17, 15) is 5.11 Å². The van der Waals surface area contributed by atoms with Gasteiger partial charge in [-0.3, -0.25) is 0 Å². The highest BCUT2D eigenvalue weighted by atomic mass is 35.5. The summed E-state index contributed by atoms with van der Waals surface area (Å²) in [4.78, 5) is 0. The van der Waals surface area contributed by atoms with Gasteiger partial charge in [0.2, 0.25) is 0 Å². The minimum atomic E-state index is -0.832. The lowest BCUT2D eigenvalue weighted by Gasteiger charge is -2.09. The molecule has 2 heteroatoms. The summed E-state index contributed by atoms with van der Waals surface area (Å²) >= 11 is 5.29. The molecule has 0 aromatic heterocycles. The first-order valence-electron chi connectivity index (χ1n) is 2.32. The van der Waals surface area contributed by atoms with Crippen molar-refractivity contribution in [1.82, 2.24) is 0 Å². The van der Waals surface area contributed by atoms with Gasteiger partial charge in [-0.1, -0.05) is 0 Å². The normalized spacial score (nSPS) is 12.0. The van der Waals surface area contributed by atoms with Gasteiger partial charge >= 0.3 is 0 Å². The molecule has 0 fully saturated rings. The number of hydrogen-bond donors (Lipinski definition) is 0. The maximum Gasteiger partial charge on any atom is 0.0991 e. The summed E-state index contributed by atoms with van der Waals surface area (Å²) in [5, 5.41) is 10.6. The quantitative estimate of drug-likeness (QED) is 0.497. The molecule has 1 radical (unpaired) electrons. The van der Waals surface area contributed by atoms with Gasteiger partial charge in [0.15, 0.2) is 0 Å². The third kappa shape index (κ3) is 6.25. The van der Waals surface area contributed by atoms with Gasteiger partial charge in [0.25, 0.3) is 0 Å². The summed E-state index contributed by atoms with van der Waals surface area (Å²) in [5.74, 6) is 0.469. The summed E-state index contributed by atoms with van der Waals surface area (Å²) in [7, 11) is 0. The van der Waals surface area contributed by atoms with Crippen LogP contribution in [-0.4, -0.2) is 11.5 Å². The third-order valence-electron chi connectivity index (χ3n) is 0.697. The van der Waals surface area contributed by atoms with Gasteiger partial charge in [0.05, 0.1) is 5.60 Å². The van der Waals surface area contributed by atoms with E-state index in [2.05, 4.69) is 0 Å². The first kappa shape index (κ1) is 7.25. The van der Waals surface area contributed by atoms with Gasteiger partial charge in [-0.25, -0.2) is 5.11 Å². The Kier molecular flexibility index (Phi) is 2.62. The molecule has 0 amide bonds. The van der Waals surface area contributed by atoms with Crippen LogP contribution in [0.3, 0.4) is 0 Å². The van der Waals surface area contributed by atoms with Crippen molar-refractivity contribution in [3.05, 3.63) is 0 Å². The molecule has 0 N–H and O–H groups in total. The number of alkyl halides is 1. The second-order valence-corrected chi connectivity index (χ2v) is 2.58. The predicted molar refractivity (Wildman–Crippen MR) is 30.1 cm³/mol. The Balaban J connectivity index is 3.15. The van der Waals surface area contributed by atoms with E-state index in [1.807, 2.05) is 0 Å². The molecular weight excluding hydrogens is 112 g/mol. The van der Waals surface area contributed by atoms with E-state index in [4.69, 9.17) is 11.6 Å². The van der Waals surface area contributed by atoms with Crippen molar-refractivity contribution in [3.8, 4) is 0 Å². The first-order valence-corrected chi connectivity index (χ1v) is 2.86. The zero-order valence-corrected chi connectivity index (χ0v) is 5.46. The van der Waals surface area contributed by atoms with Crippen LogP contribution >= 0.6 is 11.6 Å². The molecule has 0 aromatic carbocycles. The molecule has 0 saturated heterocycles. The van der Waals surface area contributed by atoms with Crippen molar-refractivity contribution in [2.45, 2.75) is 25.9 Å². The molecule has 0 aliphatic carbocycles. The van der Waals surface area contributed by atoms with E-state index in [1.54, 1.807) is 13.8 Å². The highest BCUT2D eigenvalue weighted by Gasteiger charge is 2.12. The largest absolute Gasteiger partial charge is 0.230 e. The van der Waals surface area contributed by atoms with E-state index in [1.165, 1.54) is 0 Å². The highest BCUT2D eigenvalue weighted by molar-refractivity contribution is 6.17. The van der Waals surface area contributed by atoms with Gasteiger partial charge < -0.3 is 0 Å². The minimum absolute atomic E-state index is 0.469. The fourth-order valence-corrected chi connectivity index (χ4v) is 0.683. The van der Waals surface area contributed by atoms with Crippen LogP contribution < -0.4 is 0 Å². The lowest BCUT2D eigenvalue weighted by atomic mass is 10.1. The van der Waals surface area contributed by atoms with Crippen molar-refractivity contribution in [2.24, 2.45) is 0 Å². The number of rotatable bonds is 2. The third-order valence-corrected chi connectivity index (χ3v) is 0.886. The minimum Gasteiger partial charge on any atom is -0.230 e. The summed E-state index contributed by atoms with van der Waals surface area (Å²) in [6.45, 7) is 3.27. The van der Waals surface area contributed by atoms with E-state index in [0.29, 0.717) is 12.3 Å². The van der Waals surface area contributed by atoms with Crippen molar-refractivity contribution in [2.75, 3.05) is 5.88 Å². The monoisotopic (exact) mass is 121 g/mol. The lowest BCUT2D eigenvalue weighted by Crippen LogP contribution is -2.16. The molecule has 0 unspecified atom stereocenters. The topological polar surface area (TPSA) is 19.9 Å². The molecule has 0 saturated carbocycles. The van der Waals surface area contributed by atoms with E-state index < -0.39 is 5.60 Å². The van der Waals surface area contributed by atoms with Gasteiger partial charge in [-0.15, -0.1) is 11.6 Å². The molecule has 0 aliphatic rings. The number of hydrogen-bond acceptors (Lipinski definition) is 0. The van der Waals surface area contributed by atoms with Crippen LogP contribution in [0.25, 0.3) is 0 Å². The van der Waals surface area contributed by atoms with Crippen molar-refractivity contribution >= 4 is 11.6 Å². The zero-order valence-electron chi connectivity index (χ0n) is 4.70. The van der Waals surface area contributed by atoms with Crippen molar-refractivity contribution in [3.63, 3.8) is 0 Å². The van der Waals surface area contributed by atoms with Crippen LogP contribution in [-0.2, 0) is 5.11 Å². The van der Waals surface area contributed by atoms with Crippen LogP contribution in [0.4, 0.5) is 0 Å². The molecule has 0 bridgehead atoms. The van der Waals surface area contributed by atoms with Gasteiger partial charge in [0, 0.05) is 5.88 Å². The molecular formula is C5H10ClO. The SMILES string of the molecule is CC(C)([O])CCCl. The highest BCUT2D eigenvalue weighted by Crippen LogP contribution is 2.07. The maximum atomic E-state index is 10.6. The molecule has 0 atom stereocenters. The maximum absolute atomic E-state index is 10.6. The summed E-state index contributed by atoms with van der Waals surface area (Å²) < 4.78 is 0. The zero-order chi connectivity index (χ0) is 5.91. The molecule has 0 rings (SSSR count). The average molecular weight is 122 g/mol. The molecule has 0 aromatic rings. The fourth-order valence-electron chi connectivity index (χ4n) is 0.228. The van der Waals surface area contributed by atoms with E-state index in [0.717, 1.165) is 0 Å². The van der Waals surface area contributed by atoms with E-state index >= 15 is 0 Å². The molecule has 43 valence electrons. The summed E-state index contributed by atoms with van der Waals surface area (Å²) in [5.41, 5.74) is -0.832. The van der Waals surface area contributed by atoms with Crippen molar-refractivity contribution in [1.29, 1.82) is 0 Å². The van der Waals surface area contributed by atoms with E-state index in [-0.39, 0.29) is 0 Å². The molecule has 0 heterocycles. The molecule has 1 nitrogen and oxygen atoms in total. The Morgan fingerprint density at radius 3 is 2.00 bits per heavy atom.